The number of rotatable bonds is 11. The molecule has 0 amide bonds. The molecule has 170 valence electrons. The third-order valence-corrected chi connectivity index (χ3v) is 4.85. The molecular formula is C22H24F2N4O3S. The number of thioether (sulfide) groups is 1. The van der Waals surface area contributed by atoms with E-state index in [1.54, 1.807) is 30.5 Å². The highest BCUT2D eigenvalue weighted by Gasteiger charge is 2.19. The number of alkyl halides is 2. The Morgan fingerprint density at radius 3 is 2.38 bits per heavy atom. The minimum atomic E-state index is -2.76. The summed E-state index contributed by atoms with van der Waals surface area (Å²) in [5.74, 6) is 1.56. The second kappa shape index (κ2) is 11.5. The highest BCUT2D eigenvalue weighted by atomic mass is 32.2. The highest BCUT2D eigenvalue weighted by Crippen LogP contribution is 2.29. The van der Waals surface area contributed by atoms with E-state index in [9.17, 15) is 8.78 Å². The first kappa shape index (κ1) is 23.5. The smallest absolute Gasteiger partial charge is 0.299 e. The van der Waals surface area contributed by atoms with Crippen molar-refractivity contribution in [3.63, 3.8) is 0 Å². The molecule has 0 N–H and O–H groups in total. The summed E-state index contributed by atoms with van der Waals surface area (Å²) in [7, 11) is 0. The van der Waals surface area contributed by atoms with Gasteiger partial charge in [0.15, 0.2) is 11.5 Å². The first-order chi connectivity index (χ1) is 15.5. The molecule has 3 aromatic rings. The molecule has 1 heterocycles. The molecule has 32 heavy (non-hydrogen) atoms. The number of aromatic nitrogens is 3. The number of nitrogens with zero attached hydrogens (tertiary/aromatic N) is 4. The van der Waals surface area contributed by atoms with E-state index in [4.69, 9.17) is 14.2 Å². The Bertz CT molecular complexity index is 1040. The monoisotopic (exact) mass is 462 g/mol. The molecule has 0 spiro atoms. The van der Waals surface area contributed by atoms with Crippen molar-refractivity contribution >= 4 is 18.0 Å². The quantitative estimate of drug-likeness (QED) is 0.288. The molecule has 0 aliphatic rings. The Morgan fingerprint density at radius 1 is 1.00 bits per heavy atom. The molecule has 3 rings (SSSR count). The first-order valence-electron chi connectivity index (χ1n) is 9.98. The summed E-state index contributed by atoms with van der Waals surface area (Å²) < 4.78 is 44.2. The van der Waals surface area contributed by atoms with Crippen LogP contribution in [0.15, 0.2) is 52.7 Å². The number of hydrogen-bond donors (Lipinski definition) is 0. The molecule has 0 saturated carbocycles. The predicted molar refractivity (Wildman–Crippen MR) is 119 cm³/mol. The van der Waals surface area contributed by atoms with Crippen LogP contribution in [0, 0.1) is 0 Å². The lowest BCUT2D eigenvalue weighted by Gasteiger charge is -2.13. The molecule has 2 aromatic carbocycles. The largest absolute Gasteiger partial charge is 0.490 e. The van der Waals surface area contributed by atoms with Gasteiger partial charge in [0, 0.05) is 0 Å². The van der Waals surface area contributed by atoms with Gasteiger partial charge in [0.25, 0.3) is 6.43 Å². The van der Waals surface area contributed by atoms with Crippen LogP contribution in [0.1, 0.15) is 37.2 Å². The summed E-state index contributed by atoms with van der Waals surface area (Å²) in [5.41, 5.74) is 1.66. The van der Waals surface area contributed by atoms with Crippen LogP contribution >= 0.6 is 11.8 Å². The van der Waals surface area contributed by atoms with E-state index in [1.807, 2.05) is 32.0 Å². The van der Waals surface area contributed by atoms with Gasteiger partial charge < -0.3 is 14.2 Å². The van der Waals surface area contributed by atoms with Crippen LogP contribution in [0.25, 0.3) is 0 Å². The lowest BCUT2D eigenvalue weighted by molar-refractivity contribution is 0.135. The van der Waals surface area contributed by atoms with Crippen molar-refractivity contribution in [3.05, 3.63) is 59.4 Å². The van der Waals surface area contributed by atoms with E-state index < -0.39 is 12.2 Å². The van der Waals surface area contributed by atoms with E-state index >= 15 is 0 Å². The van der Waals surface area contributed by atoms with Crippen molar-refractivity contribution in [1.29, 1.82) is 0 Å². The Labute approximate surface area is 189 Å². The summed E-state index contributed by atoms with van der Waals surface area (Å²) in [6.45, 7) is 5.30. The fourth-order valence-electron chi connectivity index (χ4n) is 2.78. The normalized spacial score (nSPS) is 11.3. The Morgan fingerprint density at radius 2 is 1.72 bits per heavy atom. The van der Waals surface area contributed by atoms with E-state index in [2.05, 4.69) is 15.3 Å². The molecule has 0 bridgehead atoms. The van der Waals surface area contributed by atoms with Crippen LogP contribution < -0.4 is 14.2 Å². The molecule has 0 atom stereocenters. The average molecular weight is 463 g/mol. The third-order valence-electron chi connectivity index (χ3n) is 4.23. The van der Waals surface area contributed by atoms with Crippen LogP contribution in [0.4, 0.5) is 8.78 Å². The summed E-state index contributed by atoms with van der Waals surface area (Å²) >= 11 is 1.19. The fourth-order valence-corrected chi connectivity index (χ4v) is 3.21. The van der Waals surface area contributed by atoms with Gasteiger partial charge in [0.1, 0.15) is 12.4 Å². The van der Waals surface area contributed by atoms with Crippen molar-refractivity contribution in [2.75, 3.05) is 19.5 Å². The minimum absolute atomic E-state index is 0.290. The van der Waals surface area contributed by atoms with Gasteiger partial charge in [-0.15, -0.1) is 10.2 Å². The molecule has 0 unspecified atom stereocenters. The average Bonchev–Trinajstić information content (AvgIpc) is 3.22. The second-order valence-corrected chi connectivity index (χ2v) is 7.18. The van der Waals surface area contributed by atoms with Gasteiger partial charge in [-0.25, -0.2) is 8.78 Å². The Hall–Kier alpha value is -3.14. The van der Waals surface area contributed by atoms with Crippen LogP contribution in [0.2, 0.25) is 0 Å². The van der Waals surface area contributed by atoms with Gasteiger partial charge >= 0.3 is 0 Å². The molecule has 7 nitrogen and oxygen atoms in total. The van der Waals surface area contributed by atoms with Crippen molar-refractivity contribution in [1.82, 2.24) is 14.9 Å². The van der Waals surface area contributed by atoms with Gasteiger partial charge in [-0.1, -0.05) is 17.8 Å². The molecule has 0 aliphatic heterocycles. The van der Waals surface area contributed by atoms with Gasteiger partial charge in [-0.2, -0.15) is 9.78 Å². The van der Waals surface area contributed by atoms with Gasteiger partial charge in [0.2, 0.25) is 11.0 Å². The lowest BCUT2D eigenvalue weighted by Crippen LogP contribution is -2.01. The summed E-state index contributed by atoms with van der Waals surface area (Å²) in [6.07, 6.45) is 0.431. The van der Waals surface area contributed by atoms with E-state index in [-0.39, 0.29) is 0 Å². The highest BCUT2D eigenvalue weighted by molar-refractivity contribution is 7.98. The lowest BCUT2D eigenvalue weighted by atomic mass is 10.2. The number of benzene rings is 2. The topological polar surface area (TPSA) is 70.8 Å². The standard InChI is InChI=1S/C22H24F2N4O3S/c1-4-29-18-11-8-16(12-19(18)30-5-2)14-31-17-9-6-15(7-10-17)13-25-28-21(20(23)24)26-27-22(28)32-3/h6-13,20H,4-5,14H2,1-3H3/b25-13+. The van der Waals surface area contributed by atoms with Gasteiger partial charge in [-0.05, 0) is 67.6 Å². The molecule has 0 fully saturated rings. The fraction of sp³-hybridized carbons (Fsp3) is 0.318. The first-order valence-corrected chi connectivity index (χ1v) is 11.2. The van der Waals surface area contributed by atoms with Crippen molar-refractivity contribution in [2.45, 2.75) is 32.0 Å². The maximum absolute atomic E-state index is 13.1. The zero-order valence-electron chi connectivity index (χ0n) is 18.0. The molecule has 1 aromatic heterocycles. The van der Waals surface area contributed by atoms with E-state index in [1.165, 1.54) is 18.0 Å². The third kappa shape index (κ3) is 5.97. The Balaban J connectivity index is 1.65. The minimum Gasteiger partial charge on any atom is -0.490 e. The van der Waals surface area contributed by atoms with E-state index in [0.29, 0.717) is 42.2 Å². The zero-order valence-corrected chi connectivity index (χ0v) is 18.8. The molecular weight excluding hydrogens is 438 g/mol. The second-order valence-electron chi connectivity index (χ2n) is 6.41. The van der Waals surface area contributed by atoms with Gasteiger partial charge in [0.05, 0.1) is 19.4 Å². The molecule has 0 aliphatic carbocycles. The SMILES string of the molecule is CCOc1ccc(COc2ccc(/C=N/n3c(SC)nnc3C(F)F)cc2)cc1OCC. The Kier molecular flexibility index (Phi) is 8.43. The van der Waals surface area contributed by atoms with Gasteiger partial charge in [-0.3, -0.25) is 0 Å². The predicted octanol–water partition coefficient (Wildman–Crippen LogP) is 5.20. The number of halogens is 2. The van der Waals surface area contributed by atoms with Crippen molar-refractivity contribution in [2.24, 2.45) is 5.10 Å². The van der Waals surface area contributed by atoms with Crippen LogP contribution in [0.5, 0.6) is 17.2 Å². The van der Waals surface area contributed by atoms with Crippen LogP contribution in [0.3, 0.4) is 0 Å². The zero-order chi connectivity index (χ0) is 22.9. The van der Waals surface area contributed by atoms with Crippen molar-refractivity contribution in [3.8, 4) is 17.2 Å². The summed E-state index contributed by atoms with van der Waals surface area (Å²) in [4.78, 5) is 0. The molecule has 0 saturated heterocycles. The van der Waals surface area contributed by atoms with Crippen molar-refractivity contribution < 1.29 is 23.0 Å². The molecule has 0 radical (unpaired) electrons. The number of ether oxygens (including phenoxy) is 3. The molecule has 10 heteroatoms. The maximum atomic E-state index is 13.1. The van der Waals surface area contributed by atoms with Crippen LogP contribution in [-0.4, -0.2) is 40.6 Å². The van der Waals surface area contributed by atoms with E-state index in [0.717, 1.165) is 15.8 Å². The van der Waals surface area contributed by atoms with Crippen LogP contribution in [-0.2, 0) is 6.61 Å². The summed E-state index contributed by atoms with van der Waals surface area (Å²) in [6, 6.07) is 12.8. The summed E-state index contributed by atoms with van der Waals surface area (Å²) in [5, 5.41) is 11.6. The maximum Gasteiger partial charge on any atom is 0.299 e. The number of hydrogen-bond acceptors (Lipinski definition) is 7.